The van der Waals surface area contributed by atoms with Gasteiger partial charge in [0, 0.05) is 81.0 Å². The predicted octanol–water partition coefficient (Wildman–Crippen LogP) is 14.9. The Morgan fingerprint density at radius 3 is 1.12 bits per heavy atom. The first-order valence-corrected chi connectivity index (χ1v) is 26.4. The second kappa shape index (κ2) is 37.1. The summed E-state index contributed by atoms with van der Waals surface area (Å²) in [5.74, 6) is 2.75. The van der Waals surface area contributed by atoms with Gasteiger partial charge in [-0.15, -0.1) is 0 Å². The lowest BCUT2D eigenvalue weighted by molar-refractivity contribution is -0.278. The van der Waals surface area contributed by atoms with Gasteiger partial charge >= 0.3 is 0 Å². The molecule has 9 nitrogen and oxygen atoms in total. The van der Waals surface area contributed by atoms with Crippen LogP contribution in [-0.4, -0.2) is 66.9 Å². The summed E-state index contributed by atoms with van der Waals surface area (Å²) < 4.78 is 24.6. The van der Waals surface area contributed by atoms with E-state index in [0.717, 1.165) is 76.7 Å². The maximum Gasteiger partial charge on any atom is 0.170 e. The summed E-state index contributed by atoms with van der Waals surface area (Å²) in [6.45, 7) is 35.8. The van der Waals surface area contributed by atoms with Crippen molar-refractivity contribution in [3.8, 4) is 0 Å². The van der Waals surface area contributed by atoms with Crippen LogP contribution < -0.4 is 0 Å². The number of ketones is 5. The third-order valence-electron chi connectivity index (χ3n) is 12.4. The Bertz CT molecular complexity index is 1250. The lowest BCUT2D eigenvalue weighted by atomic mass is 9.86. The molecular formula is C56H106O9. The topological polar surface area (TPSA) is 122 Å². The molecule has 0 bridgehead atoms. The molecule has 0 heterocycles. The van der Waals surface area contributed by atoms with E-state index in [4.69, 9.17) is 18.9 Å². The summed E-state index contributed by atoms with van der Waals surface area (Å²) >= 11 is 0. The molecule has 1 unspecified atom stereocenters. The minimum Gasteiger partial charge on any atom is -0.350 e. The molecule has 0 amide bonds. The Morgan fingerprint density at radius 2 is 0.738 bits per heavy atom. The number of carbonyl (C=O) groups excluding carboxylic acids is 5. The van der Waals surface area contributed by atoms with Crippen LogP contribution in [0.4, 0.5) is 0 Å². The highest BCUT2D eigenvalue weighted by Gasteiger charge is 2.39. The van der Waals surface area contributed by atoms with Crippen molar-refractivity contribution < 1.29 is 42.9 Å². The molecule has 0 saturated heterocycles. The molecule has 0 aliphatic heterocycles. The molecule has 0 radical (unpaired) electrons. The minimum absolute atomic E-state index is 0.0594. The molecule has 0 spiro atoms. The van der Waals surface area contributed by atoms with Gasteiger partial charge in [0.1, 0.15) is 28.9 Å². The van der Waals surface area contributed by atoms with Gasteiger partial charge in [-0.3, -0.25) is 24.0 Å². The summed E-state index contributed by atoms with van der Waals surface area (Å²) in [4.78, 5) is 58.3. The second-order valence-electron chi connectivity index (χ2n) is 22.3. The van der Waals surface area contributed by atoms with E-state index in [-0.39, 0.29) is 46.3 Å². The summed E-state index contributed by atoms with van der Waals surface area (Å²) in [5.41, 5.74) is -0.147. The highest BCUT2D eigenvalue weighted by atomic mass is 16.7. The molecule has 1 aliphatic carbocycles. The largest absolute Gasteiger partial charge is 0.350 e. The van der Waals surface area contributed by atoms with E-state index in [0.29, 0.717) is 95.2 Å². The fourth-order valence-electron chi connectivity index (χ4n) is 7.19. The van der Waals surface area contributed by atoms with Crippen LogP contribution in [0.15, 0.2) is 0 Å². The monoisotopic (exact) mass is 923 g/mol. The summed E-state index contributed by atoms with van der Waals surface area (Å²) in [7, 11) is 0. The number of carbonyl (C=O) groups is 5. The standard InChI is InChI=1S/C23H42O4.C23H44O4.C10H20O/c1-19(2)11-9-17-26-23(15-6-5-7-16-23)27-18-10-13-21(24)12-8-14-22(25)20(3)4;1-18(2)12-10-16-26-23(8,22(5,6)7)27-17-11-14-20(24)13-9-15-21(25)19(3)4;1-8(2)6-5-7-10(11)9(3)4/h19-20H,5-18H2,1-4H3;18-19H,9-17H2,1-8H3;8-9H,5-7H2,1-4H3. The van der Waals surface area contributed by atoms with Gasteiger partial charge in [0.15, 0.2) is 11.6 Å². The van der Waals surface area contributed by atoms with Crippen molar-refractivity contribution >= 4 is 28.9 Å². The zero-order chi connectivity index (χ0) is 50.1. The van der Waals surface area contributed by atoms with Gasteiger partial charge in [-0.05, 0) is 95.3 Å². The zero-order valence-electron chi connectivity index (χ0n) is 45.5. The lowest BCUT2D eigenvalue weighted by Gasteiger charge is -2.41. The summed E-state index contributed by atoms with van der Waals surface area (Å²) in [6, 6.07) is 0. The normalized spacial score (nSPS) is 14.9. The Balaban J connectivity index is 0. The number of rotatable bonds is 35. The van der Waals surface area contributed by atoms with Crippen LogP contribution in [0.25, 0.3) is 0 Å². The van der Waals surface area contributed by atoms with E-state index < -0.39 is 11.6 Å². The molecule has 1 atom stereocenters. The van der Waals surface area contributed by atoms with Crippen molar-refractivity contribution in [1.29, 1.82) is 0 Å². The van der Waals surface area contributed by atoms with Gasteiger partial charge in [-0.2, -0.15) is 0 Å². The number of Topliss-reactive ketones (excluding diaryl/α,β-unsaturated/α-hetero) is 5. The van der Waals surface area contributed by atoms with Gasteiger partial charge in [0.05, 0.1) is 26.4 Å². The molecule has 0 aromatic heterocycles. The van der Waals surface area contributed by atoms with Crippen molar-refractivity contribution in [2.75, 3.05) is 26.4 Å². The van der Waals surface area contributed by atoms with E-state index in [2.05, 4.69) is 62.3 Å². The smallest absolute Gasteiger partial charge is 0.170 e. The maximum atomic E-state index is 12.0. The fraction of sp³-hybridized carbons (Fsp3) is 0.911. The molecule has 384 valence electrons. The molecule has 65 heavy (non-hydrogen) atoms. The lowest BCUT2D eigenvalue weighted by Crippen LogP contribution is -2.45. The van der Waals surface area contributed by atoms with E-state index in [1.54, 1.807) is 0 Å². The van der Waals surface area contributed by atoms with Crippen molar-refractivity contribution in [2.24, 2.45) is 40.9 Å². The summed E-state index contributed by atoms with van der Waals surface area (Å²) in [5, 5.41) is 0. The van der Waals surface area contributed by atoms with Crippen molar-refractivity contribution in [2.45, 2.75) is 264 Å². The average Bonchev–Trinajstić information content (AvgIpc) is 3.21. The number of hydrogen-bond acceptors (Lipinski definition) is 9. The molecule has 0 N–H and O–H groups in total. The Morgan fingerprint density at radius 1 is 0.415 bits per heavy atom. The first-order valence-electron chi connectivity index (χ1n) is 26.4. The Labute approximate surface area is 401 Å². The Hall–Kier alpha value is -1.81. The van der Waals surface area contributed by atoms with E-state index in [9.17, 15) is 24.0 Å². The molecule has 0 aromatic carbocycles. The Kier molecular flexibility index (Phi) is 37.3. The second-order valence-corrected chi connectivity index (χ2v) is 22.3. The first-order chi connectivity index (χ1) is 30.3. The number of hydrogen-bond donors (Lipinski definition) is 0. The molecule has 1 aliphatic rings. The van der Waals surface area contributed by atoms with E-state index >= 15 is 0 Å². The third-order valence-corrected chi connectivity index (χ3v) is 12.4. The summed E-state index contributed by atoms with van der Waals surface area (Å²) in [6.07, 6.45) is 18.8. The van der Waals surface area contributed by atoms with Crippen LogP contribution in [0.2, 0.25) is 0 Å². The zero-order valence-corrected chi connectivity index (χ0v) is 45.5. The van der Waals surface area contributed by atoms with Crippen LogP contribution in [0.3, 0.4) is 0 Å². The van der Waals surface area contributed by atoms with Crippen molar-refractivity contribution in [3.63, 3.8) is 0 Å². The molecule has 9 heteroatoms. The van der Waals surface area contributed by atoms with E-state index in [1.807, 2.05) is 48.5 Å². The van der Waals surface area contributed by atoms with Crippen LogP contribution in [0, 0.1) is 40.9 Å². The highest BCUT2D eigenvalue weighted by molar-refractivity contribution is 5.83. The number of ether oxygens (including phenoxy) is 4. The van der Waals surface area contributed by atoms with Crippen LogP contribution >= 0.6 is 0 Å². The SMILES string of the molecule is CC(C)CCCC(=O)C(C)C.CC(C)CCCOC(C)(OCCCC(=O)CCCC(=O)C(C)C)C(C)(C)C.CC(C)CCCOC1(OCCCC(=O)CCCC(=O)C(C)C)CCCCC1. The van der Waals surface area contributed by atoms with Gasteiger partial charge in [-0.1, -0.05) is 117 Å². The average molecular weight is 923 g/mol. The molecule has 0 aromatic rings. The van der Waals surface area contributed by atoms with Crippen LogP contribution in [-0.2, 0) is 42.9 Å². The first kappa shape index (κ1) is 65.3. The van der Waals surface area contributed by atoms with Gasteiger partial charge in [0.25, 0.3) is 0 Å². The minimum atomic E-state index is -0.656. The van der Waals surface area contributed by atoms with Crippen LogP contribution in [0.1, 0.15) is 252 Å². The molecule has 1 rings (SSSR count). The highest BCUT2D eigenvalue weighted by Crippen LogP contribution is 2.36. The molecule has 1 fully saturated rings. The molecule has 1 saturated carbocycles. The van der Waals surface area contributed by atoms with Crippen LogP contribution in [0.5, 0.6) is 0 Å². The third kappa shape index (κ3) is 35.9. The quantitative estimate of drug-likeness (QED) is 0.0451. The van der Waals surface area contributed by atoms with Gasteiger partial charge in [0.2, 0.25) is 0 Å². The predicted molar refractivity (Wildman–Crippen MR) is 270 cm³/mol. The van der Waals surface area contributed by atoms with E-state index in [1.165, 1.54) is 19.3 Å². The molecular weight excluding hydrogens is 817 g/mol. The maximum absolute atomic E-state index is 12.0. The van der Waals surface area contributed by atoms with Crippen molar-refractivity contribution in [3.05, 3.63) is 0 Å². The van der Waals surface area contributed by atoms with Crippen molar-refractivity contribution in [1.82, 2.24) is 0 Å². The van der Waals surface area contributed by atoms with Gasteiger partial charge < -0.3 is 18.9 Å². The fourth-order valence-corrected chi connectivity index (χ4v) is 7.19. The van der Waals surface area contributed by atoms with Gasteiger partial charge in [-0.25, -0.2) is 0 Å².